The van der Waals surface area contributed by atoms with Gasteiger partial charge in [-0.2, -0.15) is 5.26 Å². The summed E-state index contributed by atoms with van der Waals surface area (Å²) in [6, 6.07) is 32.2. The van der Waals surface area contributed by atoms with E-state index in [4.69, 9.17) is 14.1 Å². The molecule has 0 saturated carbocycles. The van der Waals surface area contributed by atoms with Gasteiger partial charge in [0.25, 0.3) is 14.2 Å². The van der Waals surface area contributed by atoms with Crippen molar-refractivity contribution in [1.82, 2.24) is 9.88 Å². The number of ether oxygens (including phenoxy) is 1. The third-order valence-corrected chi connectivity index (χ3v) is 14.1. The van der Waals surface area contributed by atoms with Gasteiger partial charge in [0.1, 0.15) is 23.1 Å². The summed E-state index contributed by atoms with van der Waals surface area (Å²) in [4.78, 5) is 31.9. The second-order valence-electron chi connectivity index (χ2n) is 13.6. The molecule has 0 atom stereocenters. The van der Waals surface area contributed by atoms with Crippen molar-refractivity contribution in [2.24, 2.45) is 0 Å². The summed E-state index contributed by atoms with van der Waals surface area (Å²) in [5.41, 5.74) is 3.67. The molecule has 0 saturated heterocycles. The normalized spacial score (nSPS) is 11.4. The number of carboxylic acid groups (broad SMARTS) is 1. The van der Waals surface area contributed by atoms with Gasteiger partial charge in [-0.25, -0.2) is 9.78 Å². The number of hydrogen-bond acceptors (Lipinski definition) is 7. The Labute approximate surface area is 304 Å². The lowest BCUT2D eigenvalue weighted by Gasteiger charge is -2.37. The van der Waals surface area contributed by atoms with Crippen LogP contribution in [0.2, 0.25) is 18.1 Å². The van der Waals surface area contributed by atoms with Gasteiger partial charge >= 0.3 is 6.09 Å². The number of para-hydroxylation sites is 1. The highest BCUT2D eigenvalue weighted by atomic mass is 32.1. The zero-order valence-electron chi connectivity index (χ0n) is 29.5. The first kappa shape index (κ1) is 36.8. The van der Waals surface area contributed by atoms with Crippen molar-refractivity contribution in [1.29, 1.82) is 5.26 Å². The summed E-state index contributed by atoms with van der Waals surface area (Å²) in [6.07, 6.45) is -0.507. The Morgan fingerprint density at radius 2 is 1.71 bits per heavy atom. The Morgan fingerprint density at radius 1 is 0.961 bits per heavy atom. The van der Waals surface area contributed by atoms with Gasteiger partial charge in [0.05, 0.1) is 17.2 Å². The quantitative estimate of drug-likeness (QED) is 0.0917. The van der Waals surface area contributed by atoms with Crippen LogP contribution in [0.1, 0.15) is 48.0 Å². The largest absolute Gasteiger partial charge is 0.543 e. The molecule has 0 aliphatic carbocycles. The number of carbonyl (C=O) groups excluding carboxylic acids is 1. The van der Waals surface area contributed by atoms with Crippen LogP contribution in [0.4, 0.5) is 10.6 Å². The van der Waals surface area contributed by atoms with E-state index in [0.29, 0.717) is 52.7 Å². The van der Waals surface area contributed by atoms with Gasteiger partial charge in [0, 0.05) is 24.2 Å². The molecule has 2 heterocycles. The highest BCUT2D eigenvalue weighted by Gasteiger charge is 2.39. The lowest BCUT2D eigenvalue weighted by Crippen LogP contribution is -2.44. The Morgan fingerprint density at radius 3 is 2.39 bits per heavy atom. The predicted molar refractivity (Wildman–Crippen MR) is 205 cm³/mol. The molecule has 0 aliphatic rings. The molecule has 0 spiro atoms. The Hall–Kier alpha value is -5.44. The first-order chi connectivity index (χ1) is 24.4. The number of hydrogen-bond donors (Lipinski definition) is 2. The fraction of sp³-hybridized carbons (Fsp3) is 0.250. The molecule has 0 radical (unpaired) electrons. The number of aromatic nitrogens is 1. The Bertz CT molecular complexity index is 2020. The van der Waals surface area contributed by atoms with Crippen molar-refractivity contribution >= 4 is 37.5 Å². The Kier molecular flexibility index (Phi) is 11.6. The molecule has 0 fully saturated rings. The van der Waals surface area contributed by atoms with E-state index in [1.165, 1.54) is 16.2 Å². The maximum atomic E-state index is 13.3. The molecule has 5 rings (SSSR count). The van der Waals surface area contributed by atoms with Gasteiger partial charge in [-0.3, -0.25) is 4.79 Å². The topological polar surface area (TPSA) is 125 Å². The van der Waals surface area contributed by atoms with E-state index in [-0.39, 0.29) is 28.9 Å². The van der Waals surface area contributed by atoms with E-state index in [9.17, 15) is 20.0 Å². The molecule has 11 heteroatoms. The molecule has 51 heavy (non-hydrogen) atoms. The second kappa shape index (κ2) is 16.1. The van der Waals surface area contributed by atoms with Crippen molar-refractivity contribution in [3.05, 3.63) is 118 Å². The van der Waals surface area contributed by atoms with Crippen LogP contribution in [-0.2, 0) is 6.54 Å². The molecule has 2 amide bonds. The predicted octanol–water partition coefficient (Wildman–Crippen LogP) is 9.93. The number of nitriles is 1. The Balaban J connectivity index is 1.46. The fourth-order valence-corrected chi connectivity index (χ4v) is 6.78. The van der Waals surface area contributed by atoms with E-state index >= 15 is 0 Å². The van der Waals surface area contributed by atoms with Crippen LogP contribution in [0, 0.1) is 11.3 Å². The fourth-order valence-electron chi connectivity index (χ4n) is 5.13. The maximum Gasteiger partial charge on any atom is 0.407 e. The first-order valence-corrected chi connectivity index (χ1v) is 20.5. The van der Waals surface area contributed by atoms with Crippen LogP contribution in [0.15, 0.2) is 102 Å². The maximum absolute atomic E-state index is 13.3. The molecule has 9 nitrogen and oxygen atoms in total. The van der Waals surface area contributed by atoms with E-state index in [0.717, 1.165) is 11.1 Å². The van der Waals surface area contributed by atoms with Gasteiger partial charge in [-0.15, -0.1) is 11.3 Å². The van der Waals surface area contributed by atoms with Gasteiger partial charge in [0.2, 0.25) is 0 Å². The number of rotatable bonds is 13. The summed E-state index contributed by atoms with van der Waals surface area (Å²) in [7, 11) is -2.24. The number of carbonyl (C=O) groups is 2. The van der Waals surface area contributed by atoms with Crippen LogP contribution >= 0.6 is 11.3 Å². The minimum atomic E-state index is -2.24. The van der Waals surface area contributed by atoms with Crippen molar-refractivity contribution < 1.29 is 23.9 Å². The molecule has 3 aromatic carbocycles. The molecule has 2 N–H and O–H groups in total. The highest BCUT2D eigenvalue weighted by molar-refractivity contribution is 7.12. The van der Waals surface area contributed by atoms with Crippen LogP contribution in [0.25, 0.3) is 22.4 Å². The van der Waals surface area contributed by atoms with E-state index < -0.39 is 14.4 Å². The van der Waals surface area contributed by atoms with Crippen molar-refractivity contribution in [2.75, 3.05) is 18.5 Å². The zero-order chi connectivity index (χ0) is 36.6. The number of anilines is 1. The summed E-state index contributed by atoms with van der Waals surface area (Å²) >= 11 is 1.30. The smallest absolute Gasteiger partial charge is 0.407 e. The van der Waals surface area contributed by atoms with Crippen LogP contribution in [0.5, 0.6) is 11.5 Å². The minimum absolute atomic E-state index is 0.0442. The van der Waals surface area contributed by atoms with Gasteiger partial charge in [-0.05, 0) is 77.5 Å². The van der Waals surface area contributed by atoms with Gasteiger partial charge < -0.3 is 24.5 Å². The summed E-state index contributed by atoms with van der Waals surface area (Å²) in [5.74, 6) is 1.03. The molecule has 5 aromatic rings. The number of thiophene rings is 1. The molecular weight excluding hydrogens is 677 g/mol. The molecule has 262 valence electrons. The van der Waals surface area contributed by atoms with E-state index in [1.54, 1.807) is 12.1 Å². The zero-order valence-corrected chi connectivity index (χ0v) is 31.3. The van der Waals surface area contributed by atoms with Crippen molar-refractivity contribution in [2.45, 2.75) is 51.9 Å². The first-order valence-electron chi connectivity index (χ1n) is 16.7. The number of amides is 2. The lowest BCUT2D eigenvalue weighted by atomic mass is 9.98. The molecule has 2 aromatic heterocycles. The lowest BCUT2D eigenvalue weighted by molar-refractivity contribution is 0.103. The summed E-state index contributed by atoms with van der Waals surface area (Å²) in [6.45, 7) is 11.8. The van der Waals surface area contributed by atoms with E-state index in [2.05, 4.69) is 45.3 Å². The number of benzene rings is 3. The number of nitrogens with zero attached hydrogens (tertiary/aromatic N) is 3. The average Bonchev–Trinajstić information content (AvgIpc) is 3.65. The molecule has 0 aliphatic heterocycles. The van der Waals surface area contributed by atoms with E-state index in [1.807, 2.05) is 90.3 Å². The number of pyridine rings is 1. The van der Waals surface area contributed by atoms with Crippen molar-refractivity contribution in [3.63, 3.8) is 0 Å². The van der Waals surface area contributed by atoms with Crippen LogP contribution in [-0.4, -0.2) is 48.5 Å². The standard InChI is InChI=1S/C40H42N4O5SSi/c1-40(2,3)51(4,5)49-35-19-10-9-18-31(35)34-25-32(33(26-41)37(42-34)43-38(45)36-20-12-23-50-36)29-16-11-17-30(24-29)48-22-13-21-44(39(46)47)27-28-14-7-6-8-15-28/h6-12,14-20,23-25H,13,21-22,27H2,1-5H3,(H,46,47)(H,42,43,45). The van der Waals surface area contributed by atoms with Gasteiger partial charge in [0.15, 0.2) is 5.82 Å². The average molecular weight is 719 g/mol. The van der Waals surface area contributed by atoms with Crippen molar-refractivity contribution in [3.8, 4) is 40.0 Å². The third kappa shape index (κ3) is 9.22. The molecule has 0 unspecified atom stereocenters. The SMILES string of the molecule is CC(C)(C)[Si](C)(C)Oc1ccccc1-c1cc(-c2cccc(OCCCN(Cc3ccccc3)C(=O)O)c2)c(C#N)c(NC(=O)c2cccs2)n1. The minimum Gasteiger partial charge on any atom is -0.543 e. The van der Waals surface area contributed by atoms with Crippen LogP contribution in [0.3, 0.4) is 0 Å². The summed E-state index contributed by atoms with van der Waals surface area (Å²) in [5, 5.41) is 24.9. The second-order valence-corrected chi connectivity index (χ2v) is 19.3. The highest BCUT2D eigenvalue weighted by Crippen LogP contribution is 2.41. The monoisotopic (exact) mass is 718 g/mol. The molecule has 0 bridgehead atoms. The van der Waals surface area contributed by atoms with Crippen LogP contribution < -0.4 is 14.5 Å². The summed E-state index contributed by atoms with van der Waals surface area (Å²) < 4.78 is 12.8. The van der Waals surface area contributed by atoms with Gasteiger partial charge in [-0.1, -0.05) is 81.4 Å². The number of nitrogens with one attached hydrogen (secondary N) is 1. The third-order valence-electron chi connectivity index (χ3n) is 8.92. The molecular formula is C40H42N4O5SSi.